The van der Waals surface area contributed by atoms with Crippen LogP contribution < -0.4 is 4.74 Å². The maximum absolute atomic E-state index is 14.9. The molecule has 0 spiro atoms. The summed E-state index contributed by atoms with van der Waals surface area (Å²) in [7, 11) is 0. The van der Waals surface area contributed by atoms with Gasteiger partial charge in [0.25, 0.3) is 5.67 Å². The topological polar surface area (TPSA) is 29.5 Å². The molecule has 1 aromatic rings. The second-order valence-electron chi connectivity index (χ2n) is 7.50. The fraction of sp³-hybridized carbons (Fsp3) is 0.667. The normalized spacial score (nSPS) is 26.6. The highest BCUT2D eigenvalue weighted by Gasteiger charge is 3.01. The van der Waals surface area contributed by atoms with Crippen LogP contribution in [0.4, 0.5) is 48.3 Å². The van der Waals surface area contributed by atoms with Crippen molar-refractivity contribution < 1.29 is 58.1 Å². The lowest BCUT2D eigenvalue weighted by Gasteiger charge is -2.53. The average molecular weight is 474 g/mol. The van der Waals surface area contributed by atoms with Crippen LogP contribution in [-0.2, 0) is 5.60 Å². The molecule has 178 valence electrons. The van der Waals surface area contributed by atoms with E-state index >= 15 is 0 Å². The summed E-state index contributed by atoms with van der Waals surface area (Å²) in [5.74, 6) is -35.5. The molecule has 1 aromatic carbocycles. The molecule has 2 nitrogen and oxygen atoms in total. The van der Waals surface area contributed by atoms with Crippen LogP contribution in [0.3, 0.4) is 0 Å². The minimum absolute atomic E-state index is 0.141. The molecule has 1 unspecified atom stereocenters. The highest BCUT2D eigenvalue weighted by atomic mass is 19.4. The molecule has 1 aliphatic carbocycles. The zero-order valence-corrected chi connectivity index (χ0v) is 15.9. The predicted molar refractivity (Wildman–Crippen MR) is 85.0 cm³/mol. The summed E-state index contributed by atoms with van der Waals surface area (Å²) in [6.07, 6.45) is -2.18. The lowest BCUT2D eigenvalue weighted by molar-refractivity contribution is -0.488. The first-order valence-electron chi connectivity index (χ1n) is 8.78. The second-order valence-corrected chi connectivity index (χ2v) is 7.50. The van der Waals surface area contributed by atoms with Crippen LogP contribution in [0.15, 0.2) is 24.3 Å². The third kappa shape index (κ3) is 3.17. The van der Waals surface area contributed by atoms with E-state index in [1.165, 1.54) is 0 Å². The highest BCUT2D eigenvalue weighted by molar-refractivity contribution is 5.33. The third-order valence-electron chi connectivity index (χ3n) is 5.11. The van der Waals surface area contributed by atoms with Crippen molar-refractivity contribution in [1.29, 1.82) is 0 Å². The molecule has 1 aliphatic rings. The molecule has 0 heterocycles. The summed E-state index contributed by atoms with van der Waals surface area (Å²) < 4.78 is 157. The van der Waals surface area contributed by atoms with E-state index in [9.17, 15) is 53.4 Å². The molecule has 0 radical (unpaired) electrons. The summed E-state index contributed by atoms with van der Waals surface area (Å²) in [5.41, 5.74) is -10.1. The molecule has 31 heavy (non-hydrogen) atoms. The maximum atomic E-state index is 14.9. The molecule has 1 fully saturated rings. The molecule has 13 heteroatoms. The number of halogens is 11. The number of benzene rings is 1. The minimum atomic E-state index is -7.29. The van der Waals surface area contributed by atoms with Crippen molar-refractivity contribution >= 4 is 0 Å². The van der Waals surface area contributed by atoms with Crippen molar-refractivity contribution in [2.45, 2.75) is 67.6 Å². The first kappa shape index (κ1) is 25.5. The lowest BCUT2D eigenvalue weighted by Crippen LogP contribution is -2.84. The molecule has 1 saturated carbocycles. The van der Waals surface area contributed by atoms with Crippen molar-refractivity contribution in [2.75, 3.05) is 6.61 Å². The molecule has 0 amide bonds. The zero-order valence-electron chi connectivity index (χ0n) is 15.9. The van der Waals surface area contributed by atoms with Gasteiger partial charge in [0.15, 0.2) is 0 Å². The number of ether oxygens (including phenoxy) is 1. The quantitative estimate of drug-likeness (QED) is 0.515. The second kappa shape index (κ2) is 7.11. The van der Waals surface area contributed by atoms with Crippen molar-refractivity contribution in [3.63, 3.8) is 0 Å². The van der Waals surface area contributed by atoms with Gasteiger partial charge in [0.05, 0.1) is 12.2 Å². The first-order chi connectivity index (χ1) is 13.7. The first-order valence-corrected chi connectivity index (χ1v) is 8.78. The predicted octanol–water partition coefficient (Wildman–Crippen LogP) is 5.97. The van der Waals surface area contributed by atoms with Gasteiger partial charge in [-0.1, -0.05) is 19.1 Å². The lowest BCUT2D eigenvalue weighted by atomic mass is 9.67. The van der Waals surface area contributed by atoms with Gasteiger partial charge in [-0.25, -0.2) is 4.39 Å². The van der Waals surface area contributed by atoms with Crippen molar-refractivity contribution in [3.05, 3.63) is 29.8 Å². The molecular formula is C18H17F11O2. The van der Waals surface area contributed by atoms with E-state index in [4.69, 9.17) is 4.74 Å². The Kier molecular flexibility index (Phi) is 5.84. The molecule has 1 atom stereocenters. The van der Waals surface area contributed by atoms with Gasteiger partial charge in [0.2, 0.25) is 0 Å². The summed E-state index contributed by atoms with van der Waals surface area (Å²) in [6.45, 7) is 2.38. The SMILES string of the molecule is CCCOc1ccc(C(C)(O)CC2(F)C(F)(F)C(F)(F)C(F)(F)C(F)(F)C2(F)F)cc1. The number of hydrogen-bond donors (Lipinski definition) is 1. The Bertz CT molecular complexity index is 773. The zero-order chi connectivity index (χ0) is 24.3. The van der Waals surface area contributed by atoms with Crippen LogP contribution in [-0.4, -0.2) is 47.0 Å². The Hall–Kier alpha value is -1.79. The monoisotopic (exact) mass is 474 g/mol. The summed E-state index contributed by atoms with van der Waals surface area (Å²) in [5, 5.41) is 10.3. The van der Waals surface area contributed by atoms with Crippen LogP contribution in [0.1, 0.15) is 32.3 Å². The van der Waals surface area contributed by atoms with Gasteiger partial charge in [-0.15, -0.1) is 0 Å². The number of hydrogen-bond acceptors (Lipinski definition) is 2. The Labute approximate surface area is 169 Å². The average Bonchev–Trinajstić information content (AvgIpc) is 2.64. The van der Waals surface area contributed by atoms with Crippen molar-refractivity contribution in [1.82, 2.24) is 0 Å². The van der Waals surface area contributed by atoms with Gasteiger partial charge >= 0.3 is 29.6 Å². The molecule has 0 saturated heterocycles. The van der Waals surface area contributed by atoms with Crippen LogP contribution in [0, 0.1) is 0 Å². The number of alkyl halides is 11. The van der Waals surface area contributed by atoms with Crippen molar-refractivity contribution in [3.8, 4) is 5.75 Å². The van der Waals surface area contributed by atoms with E-state index in [1.807, 2.05) is 0 Å². The molecule has 2 rings (SSSR count). The summed E-state index contributed by atoms with van der Waals surface area (Å²) >= 11 is 0. The van der Waals surface area contributed by atoms with Crippen LogP contribution in [0.5, 0.6) is 5.75 Å². The Balaban J connectivity index is 2.56. The minimum Gasteiger partial charge on any atom is -0.494 e. The van der Waals surface area contributed by atoms with Gasteiger partial charge in [-0.05, 0) is 31.0 Å². The molecule has 0 aliphatic heterocycles. The maximum Gasteiger partial charge on any atom is 0.384 e. The molecule has 0 bridgehead atoms. The standard InChI is InChI=1S/C18H17F11O2/c1-3-8-31-11-6-4-10(5-7-11)12(2,30)9-13(19)14(20,21)16(24,25)18(28,29)17(26,27)15(13,22)23/h4-7,30H,3,8-9H2,1-2H3. The van der Waals surface area contributed by atoms with Crippen LogP contribution in [0.25, 0.3) is 0 Å². The largest absolute Gasteiger partial charge is 0.494 e. The third-order valence-corrected chi connectivity index (χ3v) is 5.11. The molecule has 0 aromatic heterocycles. The fourth-order valence-electron chi connectivity index (χ4n) is 3.21. The van der Waals surface area contributed by atoms with Crippen molar-refractivity contribution in [2.24, 2.45) is 0 Å². The van der Waals surface area contributed by atoms with E-state index in [0.29, 0.717) is 13.3 Å². The van der Waals surface area contributed by atoms with Crippen LogP contribution in [0.2, 0.25) is 0 Å². The fourth-order valence-corrected chi connectivity index (χ4v) is 3.21. The van der Waals surface area contributed by atoms with Gasteiger partial charge in [0.1, 0.15) is 5.75 Å². The van der Waals surface area contributed by atoms with Gasteiger partial charge < -0.3 is 9.84 Å². The Morgan fingerprint density at radius 3 is 1.52 bits per heavy atom. The highest BCUT2D eigenvalue weighted by Crippen LogP contribution is 2.71. The molecule has 1 N–H and O–H groups in total. The summed E-state index contributed by atoms with van der Waals surface area (Å²) in [4.78, 5) is 0. The van der Waals surface area contributed by atoms with Gasteiger partial charge in [-0.2, -0.15) is 43.9 Å². The smallest absolute Gasteiger partial charge is 0.384 e. The van der Waals surface area contributed by atoms with Gasteiger partial charge in [0, 0.05) is 6.42 Å². The van der Waals surface area contributed by atoms with Crippen LogP contribution >= 0.6 is 0 Å². The molecular weight excluding hydrogens is 457 g/mol. The van der Waals surface area contributed by atoms with E-state index in [2.05, 4.69) is 0 Å². The Morgan fingerprint density at radius 1 is 0.742 bits per heavy atom. The number of aliphatic hydroxyl groups is 1. The number of rotatable bonds is 6. The van der Waals surface area contributed by atoms with E-state index in [0.717, 1.165) is 24.3 Å². The van der Waals surface area contributed by atoms with E-state index in [1.54, 1.807) is 6.92 Å². The van der Waals surface area contributed by atoms with Gasteiger partial charge in [-0.3, -0.25) is 0 Å². The Morgan fingerprint density at radius 2 is 1.13 bits per heavy atom. The van der Waals surface area contributed by atoms with E-state index in [-0.39, 0.29) is 12.4 Å². The van der Waals surface area contributed by atoms with E-state index < -0.39 is 52.9 Å². The summed E-state index contributed by atoms with van der Waals surface area (Å²) in [6, 6.07) is 3.88.